The fourth-order valence-corrected chi connectivity index (χ4v) is 3.85. The summed E-state index contributed by atoms with van der Waals surface area (Å²) in [6.45, 7) is 7.62. The number of aryl methyl sites for hydroxylation is 2. The Morgan fingerprint density at radius 3 is 2.38 bits per heavy atom. The zero-order chi connectivity index (χ0) is 17.5. The molecule has 1 aromatic rings. The van der Waals surface area contributed by atoms with E-state index < -0.39 is 5.41 Å². The maximum absolute atomic E-state index is 12.9. The van der Waals surface area contributed by atoms with E-state index >= 15 is 0 Å². The van der Waals surface area contributed by atoms with Crippen molar-refractivity contribution in [3.05, 3.63) is 28.3 Å². The number of carbonyl (C=O) groups is 2. The molecule has 0 unspecified atom stereocenters. The van der Waals surface area contributed by atoms with Crippen LogP contribution in [-0.4, -0.2) is 29.8 Å². The van der Waals surface area contributed by atoms with E-state index in [1.54, 1.807) is 0 Å². The first-order valence-electron chi connectivity index (χ1n) is 8.71. The third kappa shape index (κ3) is 3.16. The lowest BCUT2D eigenvalue weighted by Crippen LogP contribution is -2.46. The molecule has 2 fully saturated rings. The van der Waals surface area contributed by atoms with Crippen molar-refractivity contribution < 1.29 is 9.59 Å². The third-order valence-corrected chi connectivity index (χ3v) is 5.63. The maximum Gasteiger partial charge on any atom is 0.240 e. The summed E-state index contributed by atoms with van der Waals surface area (Å²) >= 11 is 6.28. The van der Waals surface area contributed by atoms with Crippen LogP contribution in [0.1, 0.15) is 43.7 Å². The molecule has 5 heteroatoms. The van der Waals surface area contributed by atoms with E-state index in [4.69, 9.17) is 11.6 Å². The van der Waals surface area contributed by atoms with Gasteiger partial charge in [-0.05, 0) is 62.6 Å². The highest BCUT2D eigenvalue weighted by atomic mass is 35.5. The molecule has 1 saturated carbocycles. The van der Waals surface area contributed by atoms with Crippen LogP contribution in [0.25, 0.3) is 0 Å². The molecule has 130 valence electrons. The smallest absolute Gasteiger partial charge is 0.240 e. The Morgan fingerprint density at radius 1 is 1.21 bits per heavy atom. The zero-order valence-corrected chi connectivity index (χ0v) is 15.4. The molecule has 1 heterocycles. The van der Waals surface area contributed by atoms with Crippen molar-refractivity contribution in [1.29, 1.82) is 0 Å². The molecular weight excluding hydrogens is 324 g/mol. The summed E-state index contributed by atoms with van der Waals surface area (Å²) in [6, 6.07) is 3.81. The minimum atomic E-state index is -0.874. The van der Waals surface area contributed by atoms with E-state index in [0.29, 0.717) is 29.5 Å². The summed E-state index contributed by atoms with van der Waals surface area (Å²) in [4.78, 5) is 27.6. The van der Waals surface area contributed by atoms with E-state index in [9.17, 15) is 9.59 Å². The molecule has 4 nitrogen and oxygen atoms in total. The molecular formula is C19H25ClN2O2. The number of rotatable bonds is 3. The number of hydrogen-bond acceptors (Lipinski definition) is 2. The molecule has 2 amide bonds. The Bertz CT molecular complexity index is 651. The lowest BCUT2D eigenvalue weighted by atomic mass is 9.96. The van der Waals surface area contributed by atoms with Crippen LogP contribution in [0.5, 0.6) is 0 Å². The molecule has 1 aromatic carbocycles. The van der Waals surface area contributed by atoms with Crippen LogP contribution in [0.4, 0.5) is 5.69 Å². The summed E-state index contributed by atoms with van der Waals surface area (Å²) in [5, 5.41) is 3.44. The highest BCUT2D eigenvalue weighted by molar-refractivity contribution is 6.34. The van der Waals surface area contributed by atoms with Crippen molar-refractivity contribution >= 4 is 29.1 Å². The Labute approximate surface area is 148 Å². The molecule has 0 atom stereocenters. The number of piperidine rings is 1. The number of likely N-dealkylation sites (tertiary alicyclic amines) is 1. The molecule has 0 bridgehead atoms. The normalized spacial score (nSPS) is 19.9. The van der Waals surface area contributed by atoms with Crippen molar-refractivity contribution in [2.24, 2.45) is 11.3 Å². The predicted molar refractivity (Wildman–Crippen MR) is 96.2 cm³/mol. The number of nitrogens with zero attached hydrogens (tertiary/aromatic N) is 1. The number of benzene rings is 1. The van der Waals surface area contributed by atoms with Crippen molar-refractivity contribution in [3.63, 3.8) is 0 Å². The number of amides is 2. The lowest BCUT2D eigenvalue weighted by molar-refractivity contribution is -0.143. The number of halogens is 1. The van der Waals surface area contributed by atoms with Crippen molar-refractivity contribution in [1.82, 2.24) is 4.90 Å². The summed E-state index contributed by atoms with van der Waals surface area (Å²) in [5.41, 5.74) is 1.72. The quantitative estimate of drug-likeness (QED) is 0.841. The van der Waals surface area contributed by atoms with Crippen LogP contribution in [0.15, 0.2) is 12.1 Å². The zero-order valence-electron chi connectivity index (χ0n) is 14.6. The van der Waals surface area contributed by atoms with Crippen LogP contribution < -0.4 is 5.32 Å². The molecule has 0 aromatic heterocycles. The standard InChI is InChI=1S/C19H25ClN2O2/c1-12-4-8-22(9-5-12)18(24)19(6-7-19)17(23)21-16-14(3)10-13(2)11-15(16)20/h10-12H,4-9H2,1-3H3,(H,21,23). The largest absolute Gasteiger partial charge is 0.342 e. The second kappa shape index (κ2) is 6.40. The van der Waals surface area contributed by atoms with Gasteiger partial charge in [0.2, 0.25) is 11.8 Å². The van der Waals surface area contributed by atoms with Crippen LogP contribution in [-0.2, 0) is 9.59 Å². The minimum absolute atomic E-state index is 0.00668. The Balaban J connectivity index is 1.74. The van der Waals surface area contributed by atoms with Gasteiger partial charge in [-0.3, -0.25) is 9.59 Å². The molecule has 1 saturated heterocycles. The number of anilines is 1. The first-order valence-corrected chi connectivity index (χ1v) is 9.09. The Hall–Kier alpha value is -1.55. The van der Waals surface area contributed by atoms with Gasteiger partial charge in [0.05, 0.1) is 10.7 Å². The first kappa shape index (κ1) is 17.3. The third-order valence-electron chi connectivity index (χ3n) is 5.34. The fourth-order valence-electron chi connectivity index (χ4n) is 3.48. The second-order valence-electron chi connectivity index (χ2n) is 7.45. The molecule has 24 heavy (non-hydrogen) atoms. The van der Waals surface area contributed by atoms with Crippen LogP contribution in [0.2, 0.25) is 5.02 Å². The average molecular weight is 349 g/mol. The van der Waals surface area contributed by atoms with E-state index in [1.165, 1.54) is 0 Å². The first-order chi connectivity index (χ1) is 11.3. The van der Waals surface area contributed by atoms with Gasteiger partial charge in [-0.25, -0.2) is 0 Å². The highest BCUT2D eigenvalue weighted by Gasteiger charge is 2.58. The Morgan fingerprint density at radius 2 is 1.83 bits per heavy atom. The molecule has 1 N–H and O–H groups in total. The molecule has 1 aliphatic carbocycles. The second-order valence-corrected chi connectivity index (χ2v) is 7.86. The maximum atomic E-state index is 12.9. The van der Waals surface area contributed by atoms with Crippen LogP contribution >= 0.6 is 11.6 Å². The number of nitrogens with one attached hydrogen (secondary N) is 1. The fraction of sp³-hybridized carbons (Fsp3) is 0.579. The van der Waals surface area contributed by atoms with Gasteiger partial charge in [0.25, 0.3) is 0 Å². The van der Waals surface area contributed by atoms with E-state index in [1.807, 2.05) is 30.9 Å². The molecule has 3 rings (SSSR count). The summed E-state index contributed by atoms with van der Waals surface area (Å²) in [5.74, 6) is 0.444. The van der Waals surface area contributed by atoms with Crippen molar-refractivity contribution in [2.75, 3.05) is 18.4 Å². The van der Waals surface area contributed by atoms with E-state index in [-0.39, 0.29) is 11.8 Å². The highest BCUT2D eigenvalue weighted by Crippen LogP contribution is 2.49. The van der Waals surface area contributed by atoms with Gasteiger partial charge in [0.15, 0.2) is 0 Å². The summed E-state index contributed by atoms with van der Waals surface area (Å²) in [7, 11) is 0. The van der Waals surface area contributed by atoms with Gasteiger partial charge in [-0.1, -0.05) is 24.6 Å². The lowest BCUT2D eigenvalue weighted by Gasteiger charge is -2.33. The molecule has 0 spiro atoms. The average Bonchev–Trinajstić information content (AvgIpc) is 3.32. The minimum Gasteiger partial charge on any atom is -0.342 e. The predicted octanol–water partition coefficient (Wildman–Crippen LogP) is 3.93. The van der Waals surface area contributed by atoms with Gasteiger partial charge in [-0.2, -0.15) is 0 Å². The molecule has 1 aliphatic heterocycles. The van der Waals surface area contributed by atoms with Crippen LogP contribution in [0.3, 0.4) is 0 Å². The number of carbonyl (C=O) groups excluding carboxylic acids is 2. The van der Waals surface area contributed by atoms with Gasteiger partial charge >= 0.3 is 0 Å². The summed E-state index contributed by atoms with van der Waals surface area (Å²) in [6.07, 6.45) is 3.30. The topological polar surface area (TPSA) is 49.4 Å². The SMILES string of the molecule is Cc1cc(C)c(NC(=O)C2(C(=O)N3CCC(C)CC3)CC2)c(Cl)c1. The van der Waals surface area contributed by atoms with E-state index in [0.717, 1.165) is 37.1 Å². The Kier molecular flexibility index (Phi) is 4.60. The van der Waals surface area contributed by atoms with Crippen molar-refractivity contribution in [2.45, 2.75) is 46.5 Å². The van der Waals surface area contributed by atoms with Gasteiger partial charge in [0.1, 0.15) is 5.41 Å². The van der Waals surface area contributed by atoms with Gasteiger partial charge in [0, 0.05) is 13.1 Å². The van der Waals surface area contributed by atoms with Crippen LogP contribution in [0, 0.1) is 25.2 Å². The monoisotopic (exact) mass is 348 g/mol. The molecule has 2 aliphatic rings. The number of hydrogen-bond donors (Lipinski definition) is 1. The van der Waals surface area contributed by atoms with E-state index in [2.05, 4.69) is 12.2 Å². The van der Waals surface area contributed by atoms with Gasteiger partial charge < -0.3 is 10.2 Å². The van der Waals surface area contributed by atoms with Crippen molar-refractivity contribution in [3.8, 4) is 0 Å². The summed E-state index contributed by atoms with van der Waals surface area (Å²) < 4.78 is 0. The van der Waals surface area contributed by atoms with Gasteiger partial charge in [-0.15, -0.1) is 0 Å². The molecule has 0 radical (unpaired) electrons.